The Labute approximate surface area is 111 Å². The van der Waals surface area contributed by atoms with E-state index in [0.717, 1.165) is 45.8 Å². The van der Waals surface area contributed by atoms with E-state index < -0.39 is 0 Å². The van der Waals surface area contributed by atoms with Crippen molar-refractivity contribution in [1.82, 2.24) is 14.7 Å². The molecule has 1 saturated heterocycles. The quantitative estimate of drug-likeness (QED) is 0.640. The fourth-order valence-corrected chi connectivity index (χ4v) is 2.14. The molecule has 0 saturated carbocycles. The Balaban J connectivity index is 2.11. The molecule has 0 amide bonds. The standard InChI is InChI=1S/C13H29N3O2/c1-4-18-12-13(17)11-16-9-7-15(8-10-16)6-5-14(2)3/h13,17H,4-12H2,1-3H3. The third-order valence-electron chi connectivity index (χ3n) is 3.31. The number of nitrogens with zero attached hydrogens (tertiary/aromatic N) is 3. The second-order valence-electron chi connectivity index (χ2n) is 5.26. The van der Waals surface area contributed by atoms with Crippen molar-refractivity contribution in [3.8, 4) is 0 Å². The largest absolute Gasteiger partial charge is 0.389 e. The summed E-state index contributed by atoms with van der Waals surface area (Å²) < 4.78 is 5.23. The first kappa shape index (κ1) is 15.9. The molecule has 108 valence electrons. The van der Waals surface area contributed by atoms with Crippen LogP contribution in [0.4, 0.5) is 0 Å². The minimum atomic E-state index is -0.349. The maximum absolute atomic E-state index is 9.79. The van der Waals surface area contributed by atoms with Gasteiger partial charge in [0.1, 0.15) is 0 Å². The number of aliphatic hydroxyl groups is 1. The van der Waals surface area contributed by atoms with Gasteiger partial charge < -0.3 is 14.7 Å². The van der Waals surface area contributed by atoms with Crippen LogP contribution >= 0.6 is 0 Å². The van der Waals surface area contributed by atoms with Crippen LogP contribution in [0.5, 0.6) is 0 Å². The molecular formula is C13H29N3O2. The molecule has 5 nitrogen and oxygen atoms in total. The Hall–Kier alpha value is -0.200. The fourth-order valence-electron chi connectivity index (χ4n) is 2.14. The third kappa shape index (κ3) is 6.66. The summed E-state index contributed by atoms with van der Waals surface area (Å²) in [5, 5.41) is 9.79. The average molecular weight is 259 g/mol. The van der Waals surface area contributed by atoms with Crippen LogP contribution in [0.1, 0.15) is 6.92 Å². The number of β-amino-alcohol motifs (C(OH)–C–C–N with tert-alkyl or cyclic N) is 1. The lowest BCUT2D eigenvalue weighted by atomic mass is 10.2. The lowest BCUT2D eigenvalue weighted by Gasteiger charge is -2.36. The highest BCUT2D eigenvalue weighted by Gasteiger charge is 2.18. The van der Waals surface area contributed by atoms with Gasteiger partial charge in [-0.2, -0.15) is 0 Å². The van der Waals surface area contributed by atoms with Crippen molar-refractivity contribution in [2.75, 3.05) is 73.1 Å². The molecule has 0 spiro atoms. The van der Waals surface area contributed by atoms with Gasteiger partial charge in [0.2, 0.25) is 0 Å². The van der Waals surface area contributed by atoms with E-state index in [0.29, 0.717) is 13.2 Å². The Bertz CT molecular complexity index is 206. The summed E-state index contributed by atoms with van der Waals surface area (Å²) in [7, 11) is 4.22. The monoisotopic (exact) mass is 259 g/mol. The number of aliphatic hydroxyl groups excluding tert-OH is 1. The van der Waals surface area contributed by atoms with E-state index >= 15 is 0 Å². The molecule has 0 aliphatic carbocycles. The molecule has 0 aromatic rings. The van der Waals surface area contributed by atoms with E-state index in [1.807, 2.05) is 6.92 Å². The molecule has 1 heterocycles. The highest BCUT2D eigenvalue weighted by molar-refractivity contribution is 4.74. The van der Waals surface area contributed by atoms with Crippen LogP contribution in [-0.4, -0.2) is 99.0 Å². The van der Waals surface area contributed by atoms with Gasteiger partial charge in [0.15, 0.2) is 0 Å². The Morgan fingerprint density at radius 1 is 1.17 bits per heavy atom. The molecule has 1 unspecified atom stereocenters. The molecule has 1 aliphatic rings. The van der Waals surface area contributed by atoms with Gasteiger partial charge >= 0.3 is 0 Å². The molecule has 0 bridgehead atoms. The number of ether oxygens (including phenoxy) is 1. The van der Waals surface area contributed by atoms with E-state index in [-0.39, 0.29) is 6.10 Å². The summed E-state index contributed by atoms with van der Waals surface area (Å²) in [6.45, 7) is 10.4. The van der Waals surface area contributed by atoms with Gasteiger partial charge in [0.25, 0.3) is 0 Å². The summed E-state index contributed by atoms with van der Waals surface area (Å²) in [5.74, 6) is 0. The maximum Gasteiger partial charge on any atom is 0.0900 e. The van der Waals surface area contributed by atoms with Gasteiger partial charge in [0.05, 0.1) is 12.7 Å². The summed E-state index contributed by atoms with van der Waals surface area (Å²) in [5.41, 5.74) is 0. The van der Waals surface area contributed by atoms with E-state index in [2.05, 4.69) is 28.8 Å². The summed E-state index contributed by atoms with van der Waals surface area (Å²) in [6.07, 6.45) is -0.349. The van der Waals surface area contributed by atoms with E-state index in [9.17, 15) is 5.11 Å². The molecular weight excluding hydrogens is 230 g/mol. The normalized spacial score (nSPS) is 20.5. The van der Waals surface area contributed by atoms with Crippen LogP contribution in [0.25, 0.3) is 0 Å². The van der Waals surface area contributed by atoms with Crippen LogP contribution < -0.4 is 0 Å². The van der Waals surface area contributed by atoms with Crippen LogP contribution in [-0.2, 0) is 4.74 Å². The zero-order valence-corrected chi connectivity index (χ0v) is 12.1. The van der Waals surface area contributed by atoms with Crippen LogP contribution in [0, 0.1) is 0 Å². The van der Waals surface area contributed by atoms with Gasteiger partial charge in [-0.15, -0.1) is 0 Å². The first-order chi connectivity index (χ1) is 8.61. The average Bonchev–Trinajstić information content (AvgIpc) is 2.35. The van der Waals surface area contributed by atoms with Crippen LogP contribution in [0.3, 0.4) is 0 Å². The molecule has 5 heteroatoms. The molecule has 1 fully saturated rings. The molecule has 1 rings (SSSR count). The highest BCUT2D eigenvalue weighted by Crippen LogP contribution is 2.03. The Morgan fingerprint density at radius 3 is 2.33 bits per heavy atom. The highest BCUT2D eigenvalue weighted by atomic mass is 16.5. The summed E-state index contributed by atoms with van der Waals surface area (Å²) >= 11 is 0. The lowest BCUT2D eigenvalue weighted by Crippen LogP contribution is -2.50. The van der Waals surface area contributed by atoms with Crippen molar-refractivity contribution in [2.45, 2.75) is 13.0 Å². The zero-order valence-electron chi connectivity index (χ0n) is 12.1. The second kappa shape index (κ2) is 8.82. The van der Waals surface area contributed by atoms with Crippen molar-refractivity contribution >= 4 is 0 Å². The van der Waals surface area contributed by atoms with Crippen LogP contribution in [0.15, 0.2) is 0 Å². The number of hydrogen-bond acceptors (Lipinski definition) is 5. The van der Waals surface area contributed by atoms with Crippen molar-refractivity contribution in [2.24, 2.45) is 0 Å². The van der Waals surface area contributed by atoms with Gasteiger partial charge in [-0.3, -0.25) is 9.80 Å². The van der Waals surface area contributed by atoms with Gasteiger partial charge in [-0.05, 0) is 21.0 Å². The van der Waals surface area contributed by atoms with Crippen LogP contribution in [0.2, 0.25) is 0 Å². The minimum Gasteiger partial charge on any atom is -0.389 e. The maximum atomic E-state index is 9.79. The smallest absolute Gasteiger partial charge is 0.0900 e. The predicted octanol–water partition coefficient (Wildman–Crippen LogP) is -0.437. The number of rotatable bonds is 8. The zero-order chi connectivity index (χ0) is 13.4. The summed E-state index contributed by atoms with van der Waals surface area (Å²) in [6, 6.07) is 0. The number of hydrogen-bond donors (Lipinski definition) is 1. The second-order valence-corrected chi connectivity index (χ2v) is 5.26. The summed E-state index contributed by atoms with van der Waals surface area (Å²) in [4.78, 5) is 7.04. The fraction of sp³-hybridized carbons (Fsp3) is 1.00. The Kier molecular flexibility index (Phi) is 7.77. The number of likely N-dealkylation sites (N-methyl/N-ethyl adjacent to an activating group) is 1. The predicted molar refractivity (Wildman–Crippen MR) is 73.9 cm³/mol. The van der Waals surface area contributed by atoms with Gasteiger partial charge in [-0.25, -0.2) is 0 Å². The van der Waals surface area contributed by atoms with E-state index in [1.165, 1.54) is 0 Å². The van der Waals surface area contributed by atoms with Crippen molar-refractivity contribution < 1.29 is 9.84 Å². The minimum absolute atomic E-state index is 0.349. The van der Waals surface area contributed by atoms with Gasteiger partial charge in [0, 0.05) is 52.4 Å². The molecule has 0 radical (unpaired) electrons. The van der Waals surface area contributed by atoms with Crippen molar-refractivity contribution in [3.05, 3.63) is 0 Å². The third-order valence-corrected chi connectivity index (χ3v) is 3.31. The molecule has 0 aromatic carbocycles. The topological polar surface area (TPSA) is 39.2 Å². The molecule has 18 heavy (non-hydrogen) atoms. The first-order valence-electron chi connectivity index (χ1n) is 6.97. The molecule has 1 N–H and O–H groups in total. The van der Waals surface area contributed by atoms with Gasteiger partial charge in [-0.1, -0.05) is 0 Å². The molecule has 1 atom stereocenters. The Morgan fingerprint density at radius 2 is 1.78 bits per heavy atom. The van der Waals surface area contributed by atoms with Crippen molar-refractivity contribution in [1.29, 1.82) is 0 Å². The molecule has 1 aliphatic heterocycles. The number of piperazine rings is 1. The van der Waals surface area contributed by atoms with Crippen molar-refractivity contribution in [3.63, 3.8) is 0 Å². The lowest BCUT2D eigenvalue weighted by molar-refractivity contribution is 0.0104. The first-order valence-corrected chi connectivity index (χ1v) is 6.97. The van der Waals surface area contributed by atoms with E-state index in [1.54, 1.807) is 0 Å². The SMILES string of the molecule is CCOCC(O)CN1CCN(CCN(C)C)CC1. The van der Waals surface area contributed by atoms with E-state index in [4.69, 9.17) is 4.74 Å². The molecule has 0 aromatic heterocycles.